The van der Waals surface area contributed by atoms with E-state index in [4.69, 9.17) is 0 Å². The molecule has 0 fully saturated rings. The van der Waals surface area contributed by atoms with E-state index >= 15 is 0 Å². The van der Waals surface area contributed by atoms with Crippen molar-refractivity contribution in [3.05, 3.63) is 0 Å². The molecule has 0 heterocycles. The molecule has 0 aliphatic heterocycles. The molecule has 206 valence electrons. The van der Waals surface area contributed by atoms with Crippen LogP contribution < -0.4 is 10.0 Å². The van der Waals surface area contributed by atoms with Crippen LogP contribution >= 0.6 is 0 Å². The van der Waals surface area contributed by atoms with Gasteiger partial charge in [-0.1, -0.05) is 0 Å². The average molecular weight is 570 g/mol. The van der Waals surface area contributed by atoms with Crippen LogP contribution in [0.15, 0.2) is 0 Å². The molecule has 22 heteroatoms. The first-order valence-corrected chi connectivity index (χ1v) is 9.39. The van der Waals surface area contributed by atoms with Gasteiger partial charge >= 0.3 is 47.0 Å². The number of sulfonamides is 1. The van der Waals surface area contributed by atoms with E-state index in [1.54, 1.807) is 0 Å². The Morgan fingerprint density at radius 1 is 0.529 bits per heavy atom. The lowest BCUT2D eigenvalue weighted by atomic mass is 9.91. The second kappa shape index (κ2) is 8.96. The number of hydrogen-bond acceptors (Lipinski definition) is 3. The zero-order valence-electron chi connectivity index (χ0n) is 15.8. The van der Waals surface area contributed by atoms with Gasteiger partial charge in [-0.05, 0) is 20.0 Å². The summed E-state index contributed by atoms with van der Waals surface area (Å²) in [6.07, 6.45) is -8.42. The van der Waals surface area contributed by atoms with Crippen LogP contribution in [0.25, 0.3) is 0 Å². The van der Waals surface area contributed by atoms with E-state index in [1.807, 2.05) is 0 Å². The molecule has 0 aliphatic carbocycles. The SMILES string of the molecule is CNCCCNS(=O)(=O)C(F)(F)C(F)(F)C(F)(F)C(F)(F)C(F)(F)C(F)(F)C(F)(F)C(F)(F)F. The minimum Gasteiger partial charge on any atom is -0.320 e. The maximum absolute atomic E-state index is 13.6. The van der Waals surface area contributed by atoms with Crippen LogP contribution in [0, 0.1) is 0 Å². The van der Waals surface area contributed by atoms with Gasteiger partial charge in [-0.25, -0.2) is 13.1 Å². The maximum atomic E-state index is 13.6. The van der Waals surface area contributed by atoms with Crippen LogP contribution in [-0.2, 0) is 10.0 Å². The molecule has 0 spiro atoms. The molecule has 0 unspecified atom stereocenters. The van der Waals surface area contributed by atoms with Gasteiger partial charge in [-0.3, -0.25) is 0 Å². The van der Waals surface area contributed by atoms with Crippen LogP contribution in [0.4, 0.5) is 74.6 Å². The second-order valence-electron chi connectivity index (χ2n) is 6.32. The smallest absolute Gasteiger partial charge is 0.320 e. The molecule has 0 aliphatic rings. The summed E-state index contributed by atoms with van der Waals surface area (Å²) in [7, 11) is -6.03. The van der Waals surface area contributed by atoms with Crippen molar-refractivity contribution in [2.45, 2.75) is 53.4 Å². The molecule has 0 bridgehead atoms. The van der Waals surface area contributed by atoms with E-state index in [0.29, 0.717) is 4.72 Å². The monoisotopic (exact) mass is 570 g/mol. The molecule has 2 N–H and O–H groups in total. The first-order valence-electron chi connectivity index (χ1n) is 7.91. The highest BCUT2D eigenvalue weighted by molar-refractivity contribution is 7.90. The molecule has 0 aromatic rings. The Hall–Kier alpha value is -1.32. The predicted molar refractivity (Wildman–Crippen MR) is 76.2 cm³/mol. The summed E-state index contributed by atoms with van der Waals surface area (Å²) < 4.78 is 245. The van der Waals surface area contributed by atoms with E-state index < -0.39 is 70.0 Å². The summed E-state index contributed by atoms with van der Waals surface area (Å²) in [5.41, 5.74) is 0. The quantitative estimate of drug-likeness (QED) is 0.269. The van der Waals surface area contributed by atoms with Gasteiger partial charge in [0, 0.05) is 6.54 Å². The lowest BCUT2D eigenvalue weighted by molar-refractivity contribution is -0.458. The molecule has 0 saturated carbocycles. The Morgan fingerprint density at radius 2 is 0.853 bits per heavy atom. The topological polar surface area (TPSA) is 58.2 Å². The third kappa shape index (κ3) is 4.48. The van der Waals surface area contributed by atoms with Crippen molar-refractivity contribution in [1.29, 1.82) is 0 Å². The fourth-order valence-electron chi connectivity index (χ4n) is 1.88. The largest absolute Gasteiger partial charge is 0.460 e. The fraction of sp³-hybridized carbons (Fsp3) is 1.00. The predicted octanol–water partition coefficient (Wildman–Crippen LogP) is 4.48. The molecule has 4 nitrogen and oxygen atoms in total. The summed E-state index contributed by atoms with van der Waals surface area (Å²) in [6, 6.07) is 0. The van der Waals surface area contributed by atoms with Gasteiger partial charge in [0.15, 0.2) is 0 Å². The maximum Gasteiger partial charge on any atom is 0.460 e. The van der Waals surface area contributed by atoms with Crippen molar-refractivity contribution in [3.63, 3.8) is 0 Å². The van der Waals surface area contributed by atoms with Crippen LogP contribution in [-0.4, -0.2) is 75.5 Å². The zero-order chi connectivity index (χ0) is 28.0. The Balaban J connectivity index is 6.66. The summed E-state index contributed by atoms with van der Waals surface area (Å²) in [6.45, 7) is -1.55. The van der Waals surface area contributed by atoms with Gasteiger partial charge in [-0.2, -0.15) is 74.6 Å². The van der Waals surface area contributed by atoms with Crippen molar-refractivity contribution < 1.29 is 83.1 Å². The van der Waals surface area contributed by atoms with Crippen molar-refractivity contribution in [1.82, 2.24) is 10.0 Å². The first kappa shape index (κ1) is 32.7. The van der Waals surface area contributed by atoms with Crippen LogP contribution in [0.2, 0.25) is 0 Å². The standard InChI is InChI=1S/C12H11F17N2O2S/c1-30-3-2-4-31-34(32,33)12(28,29)10(23,24)8(19,20)6(15,16)5(13,14)7(17,18)9(21,22)11(25,26)27/h30-31H,2-4H2,1H3. The van der Waals surface area contributed by atoms with Crippen LogP contribution in [0.1, 0.15) is 6.42 Å². The highest BCUT2D eigenvalue weighted by atomic mass is 32.2. The van der Waals surface area contributed by atoms with E-state index in [2.05, 4.69) is 5.32 Å². The molecular weight excluding hydrogens is 559 g/mol. The zero-order valence-corrected chi connectivity index (χ0v) is 16.6. The van der Waals surface area contributed by atoms with Gasteiger partial charge < -0.3 is 5.32 Å². The first-order chi connectivity index (χ1) is 14.6. The van der Waals surface area contributed by atoms with Gasteiger partial charge in [0.2, 0.25) is 0 Å². The minimum atomic E-state index is -8.83. The van der Waals surface area contributed by atoms with Gasteiger partial charge in [0.05, 0.1) is 0 Å². The summed E-state index contributed by atoms with van der Waals surface area (Å²) in [4.78, 5) is 0. The van der Waals surface area contributed by atoms with Gasteiger partial charge in [0.1, 0.15) is 0 Å². The number of hydrogen-bond donors (Lipinski definition) is 2. The highest BCUT2D eigenvalue weighted by Crippen LogP contribution is 2.64. The normalized spacial score (nSPS) is 16.2. The summed E-state index contributed by atoms with van der Waals surface area (Å²) in [5.74, 6) is -51.5. The summed E-state index contributed by atoms with van der Waals surface area (Å²) >= 11 is 0. The minimum absolute atomic E-state index is 0.257. The molecule has 0 atom stereocenters. The Bertz CT molecular complexity index is 821. The number of rotatable bonds is 12. The molecule has 34 heavy (non-hydrogen) atoms. The summed E-state index contributed by atoms with van der Waals surface area (Å²) in [5, 5.41) is -5.29. The highest BCUT2D eigenvalue weighted by Gasteiger charge is 2.96. The molecule has 0 amide bonds. The molecular formula is C12H11F17N2O2S. The number of halogens is 17. The second-order valence-corrected chi connectivity index (χ2v) is 8.12. The van der Waals surface area contributed by atoms with E-state index in [9.17, 15) is 83.1 Å². The lowest BCUT2D eigenvalue weighted by Crippen LogP contribution is -2.75. The van der Waals surface area contributed by atoms with E-state index in [0.717, 1.165) is 0 Å². The number of alkyl halides is 17. The van der Waals surface area contributed by atoms with Crippen LogP contribution in [0.5, 0.6) is 0 Å². The fourth-order valence-corrected chi connectivity index (χ4v) is 2.94. The lowest BCUT2D eigenvalue weighted by Gasteiger charge is -2.42. The third-order valence-corrected chi connectivity index (χ3v) is 5.44. The van der Waals surface area contributed by atoms with Crippen molar-refractivity contribution in [2.24, 2.45) is 0 Å². The van der Waals surface area contributed by atoms with Gasteiger partial charge in [-0.15, -0.1) is 0 Å². The van der Waals surface area contributed by atoms with Crippen molar-refractivity contribution >= 4 is 10.0 Å². The molecule has 0 rings (SSSR count). The Labute approximate surface area is 177 Å². The third-order valence-electron chi connectivity index (χ3n) is 3.93. The molecule has 0 aromatic heterocycles. The van der Waals surface area contributed by atoms with Crippen molar-refractivity contribution in [3.8, 4) is 0 Å². The van der Waals surface area contributed by atoms with Crippen LogP contribution in [0.3, 0.4) is 0 Å². The molecule has 0 saturated heterocycles. The Kier molecular flexibility index (Phi) is 8.61. The Morgan fingerprint density at radius 3 is 1.18 bits per heavy atom. The molecule has 0 aromatic carbocycles. The number of nitrogens with one attached hydrogen (secondary N) is 2. The van der Waals surface area contributed by atoms with E-state index in [1.165, 1.54) is 7.05 Å². The van der Waals surface area contributed by atoms with Gasteiger partial charge in [0.25, 0.3) is 10.0 Å². The molecule has 0 radical (unpaired) electrons. The average Bonchev–Trinajstić information content (AvgIpc) is 2.63. The van der Waals surface area contributed by atoms with Crippen molar-refractivity contribution in [2.75, 3.05) is 20.1 Å². The van der Waals surface area contributed by atoms with E-state index in [-0.39, 0.29) is 6.54 Å².